The van der Waals surface area contributed by atoms with Crippen molar-refractivity contribution in [2.75, 3.05) is 11.9 Å². The molecule has 4 heterocycles. The van der Waals surface area contributed by atoms with Crippen LogP contribution in [0.4, 0.5) is 10.6 Å². The predicted molar refractivity (Wildman–Crippen MR) is 141 cm³/mol. The van der Waals surface area contributed by atoms with E-state index in [-0.39, 0.29) is 29.9 Å². The Morgan fingerprint density at radius 3 is 2.59 bits per heavy atom. The van der Waals surface area contributed by atoms with Crippen LogP contribution in [-0.2, 0) is 6.61 Å². The second-order valence-electron chi connectivity index (χ2n) is 11.4. The zero-order valence-electron chi connectivity index (χ0n) is 21.8. The fourth-order valence-corrected chi connectivity index (χ4v) is 6.48. The van der Waals surface area contributed by atoms with Crippen LogP contribution < -0.4 is 4.90 Å². The Labute approximate surface area is 216 Å². The first kappa shape index (κ1) is 25.1. The monoisotopic (exact) mass is 505 g/mol. The Morgan fingerprint density at radius 1 is 1.22 bits per heavy atom. The molecule has 0 unspecified atom stereocenters. The molecule has 4 N–H and O–H groups in total. The SMILES string of the molecule is CN(c1ccc(-c2ccc(-c3cn[nH]c3)cc2O)c(CO)n1)[C@H]1C[C@@H]2CC[C@](C(C)(C)C)(C1)N2C(=O)O. The summed E-state index contributed by atoms with van der Waals surface area (Å²) in [6.45, 7) is 6.13. The molecule has 2 saturated heterocycles. The number of aromatic nitrogens is 3. The van der Waals surface area contributed by atoms with Crippen LogP contribution in [0.25, 0.3) is 22.3 Å². The van der Waals surface area contributed by atoms with Crippen molar-refractivity contribution in [1.82, 2.24) is 20.1 Å². The van der Waals surface area contributed by atoms with Gasteiger partial charge in [-0.25, -0.2) is 9.78 Å². The van der Waals surface area contributed by atoms with Gasteiger partial charge in [0, 0.05) is 42.0 Å². The highest BCUT2D eigenvalue weighted by Crippen LogP contribution is 2.54. The van der Waals surface area contributed by atoms with Crippen LogP contribution >= 0.6 is 0 Å². The number of phenolic OH excluding ortho intramolecular Hbond substituents is 1. The lowest BCUT2D eigenvalue weighted by atomic mass is 9.67. The Kier molecular flexibility index (Phi) is 6.14. The van der Waals surface area contributed by atoms with Crippen LogP contribution in [0.3, 0.4) is 0 Å². The number of H-pyrrole nitrogens is 1. The molecule has 0 saturated carbocycles. The molecule has 2 fully saturated rings. The van der Waals surface area contributed by atoms with Crippen LogP contribution in [0.15, 0.2) is 42.7 Å². The molecular formula is C28H35N5O4. The summed E-state index contributed by atoms with van der Waals surface area (Å²) in [4.78, 5) is 20.9. The number of aromatic amines is 1. The van der Waals surface area contributed by atoms with Crippen LogP contribution in [0.1, 0.15) is 52.1 Å². The number of benzene rings is 1. The smallest absolute Gasteiger partial charge is 0.408 e. The topological polar surface area (TPSA) is 126 Å². The number of amides is 1. The number of piperidine rings is 1. The van der Waals surface area contributed by atoms with Crippen molar-refractivity contribution in [2.45, 2.75) is 70.7 Å². The molecule has 37 heavy (non-hydrogen) atoms. The van der Waals surface area contributed by atoms with Crippen molar-refractivity contribution in [1.29, 1.82) is 0 Å². The average Bonchev–Trinajstić information content (AvgIpc) is 3.48. The number of nitrogens with one attached hydrogen (secondary N) is 1. The van der Waals surface area contributed by atoms with Gasteiger partial charge in [-0.05, 0) is 60.9 Å². The van der Waals surface area contributed by atoms with E-state index in [1.807, 2.05) is 31.3 Å². The normalized spacial score (nSPS) is 23.3. The molecule has 0 spiro atoms. The largest absolute Gasteiger partial charge is 0.507 e. The van der Waals surface area contributed by atoms with E-state index in [2.05, 4.69) is 35.9 Å². The summed E-state index contributed by atoms with van der Waals surface area (Å²) in [5.41, 5.74) is 2.82. The van der Waals surface area contributed by atoms with Gasteiger partial charge < -0.3 is 20.2 Å². The molecule has 2 aromatic heterocycles. The van der Waals surface area contributed by atoms with Gasteiger partial charge >= 0.3 is 6.09 Å². The molecule has 3 aromatic rings. The molecule has 9 heteroatoms. The molecule has 0 aliphatic carbocycles. The number of nitrogens with zero attached hydrogens (tertiary/aromatic N) is 4. The average molecular weight is 506 g/mol. The summed E-state index contributed by atoms with van der Waals surface area (Å²) in [5.74, 6) is 0.820. The fourth-order valence-electron chi connectivity index (χ4n) is 6.48. The third kappa shape index (κ3) is 4.11. The van der Waals surface area contributed by atoms with E-state index in [4.69, 9.17) is 4.98 Å². The van der Waals surface area contributed by atoms with E-state index in [0.29, 0.717) is 16.8 Å². The van der Waals surface area contributed by atoms with Crippen LogP contribution in [0.2, 0.25) is 0 Å². The Balaban J connectivity index is 1.44. The maximum Gasteiger partial charge on any atom is 0.408 e. The second kappa shape index (κ2) is 9.06. The van der Waals surface area contributed by atoms with Crippen LogP contribution in [-0.4, -0.2) is 66.2 Å². The number of carboxylic acid groups (broad SMARTS) is 1. The van der Waals surface area contributed by atoms with Gasteiger partial charge in [0.25, 0.3) is 0 Å². The predicted octanol–water partition coefficient (Wildman–Crippen LogP) is 4.86. The lowest BCUT2D eigenvalue weighted by Crippen LogP contribution is -2.64. The number of hydrogen-bond donors (Lipinski definition) is 4. The second-order valence-corrected chi connectivity index (χ2v) is 11.4. The van der Waals surface area contributed by atoms with E-state index in [1.165, 1.54) is 0 Å². The molecule has 5 rings (SSSR count). The van der Waals surface area contributed by atoms with E-state index >= 15 is 0 Å². The van der Waals surface area contributed by atoms with E-state index < -0.39 is 11.6 Å². The van der Waals surface area contributed by atoms with Gasteiger partial charge in [-0.3, -0.25) is 10.00 Å². The lowest BCUT2D eigenvalue weighted by molar-refractivity contribution is -0.0203. The van der Waals surface area contributed by atoms with Crippen molar-refractivity contribution >= 4 is 11.9 Å². The number of rotatable bonds is 5. The zero-order valence-corrected chi connectivity index (χ0v) is 21.8. The number of aliphatic hydroxyl groups is 1. The molecule has 3 atom stereocenters. The minimum Gasteiger partial charge on any atom is -0.507 e. The number of carbonyl (C=O) groups is 1. The van der Waals surface area contributed by atoms with Crippen LogP contribution in [0.5, 0.6) is 5.75 Å². The van der Waals surface area contributed by atoms with Gasteiger partial charge in [0.2, 0.25) is 0 Å². The summed E-state index contributed by atoms with van der Waals surface area (Å²) in [5, 5.41) is 37.7. The van der Waals surface area contributed by atoms with Gasteiger partial charge in [0.1, 0.15) is 11.6 Å². The summed E-state index contributed by atoms with van der Waals surface area (Å²) < 4.78 is 0. The highest BCUT2D eigenvalue weighted by molar-refractivity contribution is 5.77. The van der Waals surface area contributed by atoms with Crippen molar-refractivity contribution in [2.24, 2.45) is 5.41 Å². The number of fused-ring (bicyclic) bond motifs is 2. The summed E-state index contributed by atoms with van der Waals surface area (Å²) >= 11 is 0. The highest BCUT2D eigenvalue weighted by Gasteiger charge is 2.59. The maximum atomic E-state index is 12.2. The van der Waals surface area contributed by atoms with E-state index in [1.54, 1.807) is 23.4 Å². The first-order valence-electron chi connectivity index (χ1n) is 12.7. The van der Waals surface area contributed by atoms with Gasteiger partial charge in [-0.1, -0.05) is 26.8 Å². The van der Waals surface area contributed by atoms with Gasteiger partial charge in [0.15, 0.2) is 0 Å². The molecular weight excluding hydrogens is 470 g/mol. The van der Waals surface area contributed by atoms with E-state index in [0.717, 1.165) is 42.6 Å². The van der Waals surface area contributed by atoms with Crippen molar-refractivity contribution in [3.63, 3.8) is 0 Å². The maximum absolute atomic E-state index is 12.2. The summed E-state index contributed by atoms with van der Waals surface area (Å²) in [7, 11) is 2.00. The molecule has 2 aliphatic heterocycles. The van der Waals surface area contributed by atoms with Gasteiger partial charge in [0.05, 0.1) is 24.0 Å². The Morgan fingerprint density at radius 2 is 1.97 bits per heavy atom. The highest BCUT2D eigenvalue weighted by atomic mass is 16.4. The van der Waals surface area contributed by atoms with Gasteiger partial charge in [-0.15, -0.1) is 0 Å². The summed E-state index contributed by atoms with van der Waals surface area (Å²) in [6, 6.07) is 9.31. The fraction of sp³-hybridized carbons (Fsp3) is 0.464. The number of hydrogen-bond acceptors (Lipinski definition) is 6. The molecule has 9 nitrogen and oxygen atoms in total. The molecule has 2 bridgehead atoms. The van der Waals surface area contributed by atoms with Gasteiger partial charge in [-0.2, -0.15) is 5.10 Å². The Bertz CT molecular complexity index is 1300. The first-order valence-corrected chi connectivity index (χ1v) is 12.7. The third-order valence-corrected chi connectivity index (χ3v) is 8.57. The standard InChI is InChI=1S/C28H35N5O4/c1-27(2,3)28-10-9-19(33(28)26(36)37)12-20(13-28)32(4)25-8-7-21(23(16-34)31-25)22-6-5-17(11-24(22)35)18-14-29-30-15-18/h5-8,11,14-15,19-20,34-35H,9-10,12-13,16H2,1-4H3,(H,29,30)(H,36,37)/t19-,20-,28+/m0/s1. The number of anilines is 1. The molecule has 2 aliphatic rings. The van der Waals surface area contributed by atoms with Crippen molar-refractivity contribution < 1.29 is 20.1 Å². The molecule has 196 valence electrons. The number of phenols is 1. The van der Waals surface area contributed by atoms with E-state index in [9.17, 15) is 20.1 Å². The molecule has 1 aromatic carbocycles. The lowest BCUT2D eigenvalue weighted by Gasteiger charge is -2.54. The third-order valence-electron chi connectivity index (χ3n) is 8.57. The Hall–Kier alpha value is -3.59. The minimum absolute atomic E-state index is 0.0137. The van der Waals surface area contributed by atoms with Crippen molar-refractivity contribution in [3.8, 4) is 28.0 Å². The first-order chi connectivity index (χ1) is 17.6. The van der Waals surface area contributed by atoms with Crippen molar-refractivity contribution in [3.05, 3.63) is 48.4 Å². The number of pyridine rings is 1. The number of aromatic hydroxyl groups is 1. The number of aliphatic hydroxyl groups excluding tert-OH is 1. The quantitative estimate of drug-likeness (QED) is 0.390. The summed E-state index contributed by atoms with van der Waals surface area (Å²) in [6.07, 6.45) is 5.82. The molecule has 1 amide bonds. The molecule has 0 radical (unpaired) electrons. The minimum atomic E-state index is -0.831. The van der Waals surface area contributed by atoms with Crippen LogP contribution in [0, 0.1) is 5.41 Å². The zero-order chi connectivity index (χ0) is 26.5.